The van der Waals surface area contributed by atoms with Gasteiger partial charge in [-0.3, -0.25) is 9.69 Å². The molecule has 0 amide bonds. The van der Waals surface area contributed by atoms with Crippen LogP contribution in [0.1, 0.15) is 66.7 Å². The summed E-state index contributed by atoms with van der Waals surface area (Å²) in [5.41, 5.74) is -3.90. The van der Waals surface area contributed by atoms with Crippen LogP contribution in [-0.2, 0) is 29.9 Å². The largest absolute Gasteiger partial charge is 0.496 e. The summed E-state index contributed by atoms with van der Waals surface area (Å²) in [7, 11) is 1.33. The van der Waals surface area contributed by atoms with Gasteiger partial charge in [-0.2, -0.15) is 39.5 Å². The first kappa shape index (κ1) is 38.5. The smallest absolute Gasteiger partial charge is 0.416 e. The fourth-order valence-electron chi connectivity index (χ4n) is 5.21. The number of alkyl halides is 9. The Labute approximate surface area is 270 Å². The lowest BCUT2D eigenvalue weighted by atomic mass is 9.93. The molecule has 15 heteroatoms. The Morgan fingerprint density at radius 2 is 1.35 bits per heavy atom. The molecule has 264 valence electrons. The average molecular weight is 696 g/mol. The Bertz CT molecular complexity index is 1570. The number of rotatable bonds is 12. The second-order valence-electron chi connectivity index (χ2n) is 11.5. The first-order valence-electron chi connectivity index (χ1n) is 14.5. The maximum absolute atomic E-state index is 13.9. The molecule has 2 unspecified atom stereocenters. The quantitative estimate of drug-likeness (QED) is 0.184. The van der Waals surface area contributed by atoms with E-state index in [2.05, 4.69) is 0 Å². The predicted molar refractivity (Wildman–Crippen MR) is 157 cm³/mol. The topological polar surface area (TPSA) is 79.2 Å². The van der Waals surface area contributed by atoms with E-state index in [4.69, 9.17) is 14.6 Å². The summed E-state index contributed by atoms with van der Waals surface area (Å²) in [4.78, 5) is 12.4. The van der Waals surface area contributed by atoms with E-state index in [0.717, 1.165) is 12.1 Å². The Balaban J connectivity index is 2.16. The average Bonchev–Trinajstić information content (AvgIpc) is 2.97. The van der Waals surface area contributed by atoms with E-state index in [1.54, 1.807) is 26.8 Å². The second kappa shape index (κ2) is 14.6. The molecule has 2 atom stereocenters. The van der Waals surface area contributed by atoms with Crippen LogP contribution in [0.3, 0.4) is 0 Å². The Morgan fingerprint density at radius 3 is 1.83 bits per heavy atom. The molecule has 0 fully saturated rings. The van der Waals surface area contributed by atoms with Gasteiger partial charge in [-0.25, -0.2) is 0 Å². The Morgan fingerprint density at radius 1 is 0.792 bits per heavy atom. The van der Waals surface area contributed by atoms with Gasteiger partial charge in [-0.05, 0) is 92.4 Å². The van der Waals surface area contributed by atoms with E-state index < -0.39 is 64.9 Å². The van der Waals surface area contributed by atoms with Gasteiger partial charge >= 0.3 is 24.5 Å². The van der Waals surface area contributed by atoms with Crippen molar-refractivity contribution in [2.45, 2.75) is 77.4 Å². The number of benzene rings is 3. The second-order valence-corrected chi connectivity index (χ2v) is 11.5. The molecule has 0 radical (unpaired) electrons. The molecular formula is C33H34F9NO5. The van der Waals surface area contributed by atoms with Crippen molar-refractivity contribution in [3.8, 4) is 22.6 Å². The van der Waals surface area contributed by atoms with Crippen molar-refractivity contribution in [3.63, 3.8) is 0 Å². The molecule has 0 aliphatic heterocycles. The highest BCUT2D eigenvalue weighted by molar-refractivity contribution is 5.76. The standard InChI is InChI=1S/C33H34F9NO5/c1-17(2)43(19(4)30(46)20-11-23(32(37,38)39)14-24(12-20)33(40,41)42)16-21-13-22(31(34,35)36)6-7-25(21)26-15-27(48-9-8-29(44)45)18(3)10-28(26)47-5/h6-7,10-15,17,19,30,46H,8-9,16H2,1-5H3,(H,44,45). The Kier molecular flexibility index (Phi) is 11.7. The van der Waals surface area contributed by atoms with Crippen LogP contribution in [0, 0.1) is 6.92 Å². The number of carboxylic acid groups (broad SMARTS) is 1. The minimum Gasteiger partial charge on any atom is -0.496 e. The minimum atomic E-state index is -5.16. The van der Waals surface area contributed by atoms with E-state index in [1.165, 1.54) is 31.1 Å². The number of carbonyl (C=O) groups is 1. The summed E-state index contributed by atoms with van der Waals surface area (Å²) < 4.78 is 134. The molecule has 0 heterocycles. The van der Waals surface area contributed by atoms with Crippen molar-refractivity contribution in [1.29, 1.82) is 0 Å². The zero-order valence-electron chi connectivity index (χ0n) is 26.4. The molecule has 0 aliphatic carbocycles. The first-order chi connectivity index (χ1) is 22.0. The monoisotopic (exact) mass is 695 g/mol. The van der Waals surface area contributed by atoms with Gasteiger partial charge in [-0.1, -0.05) is 6.07 Å². The number of ether oxygens (including phenoxy) is 2. The molecule has 3 aromatic rings. The lowest BCUT2D eigenvalue weighted by Gasteiger charge is -2.36. The summed E-state index contributed by atoms with van der Waals surface area (Å²) in [6.07, 6.45) is -17.4. The molecule has 48 heavy (non-hydrogen) atoms. The van der Waals surface area contributed by atoms with Crippen LogP contribution in [0.4, 0.5) is 39.5 Å². The molecule has 2 N–H and O–H groups in total. The molecular weight excluding hydrogens is 661 g/mol. The van der Waals surface area contributed by atoms with Crippen LogP contribution in [0.2, 0.25) is 0 Å². The highest BCUT2D eigenvalue weighted by atomic mass is 19.4. The van der Waals surface area contributed by atoms with Crippen molar-refractivity contribution in [2.75, 3.05) is 13.7 Å². The van der Waals surface area contributed by atoms with Crippen LogP contribution >= 0.6 is 0 Å². The molecule has 0 aromatic heterocycles. The van der Waals surface area contributed by atoms with Gasteiger partial charge in [0.25, 0.3) is 0 Å². The van der Waals surface area contributed by atoms with E-state index >= 15 is 0 Å². The third-order valence-electron chi connectivity index (χ3n) is 7.74. The zero-order valence-corrected chi connectivity index (χ0v) is 26.4. The van der Waals surface area contributed by atoms with Crippen molar-refractivity contribution >= 4 is 5.97 Å². The first-order valence-corrected chi connectivity index (χ1v) is 14.5. The maximum Gasteiger partial charge on any atom is 0.416 e. The summed E-state index contributed by atoms with van der Waals surface area (Å²) in [6, 6.07) is 4.88. The van der Waals surface area contributed by atoms with Gasteiger partial charge in [0.05, 0.1) is 42.9 Å². The summed E-state index contributed by atoms with van der Waals surface area (Å²) in [5.74, 6) is -0.657. The van der Waals surface area contributed by atoms with E-state index in [1.807, 2.05) is 0 Å². The number of aliphatic carboxylic acids is 1. The van der Waals surface area contributed by atoms with Crippen molar-refractivity contribution in [3.05, 3.63) is 81.9 Å². The Hall–Kier alpha value is -3.98. The number of carboxylic acids is 1. The highest BCUT2D eigenvalue weighted by Crippen LogP contribution is 2.42. The van der Waals surface area contributed by atoms with E-state index in [9.17, 15) is 49.4 Å². The zero-order chi connectivity index (χ0) is 36.4. The fourth-order valence-corrected chi connectivity index (χ4v) is 5.21. The summed E-state index contributed by atoms with van der Waals surface area (Å²) >= 11 is 0. The number of aliphatic hydroxyl groups is 1. The van der Waals surface area contributed by atoms with E-state index in [0.29, 0.717) is 17.7 Å². The molecule has 3 aromatic carbocycles. The van der Waals surface area contributed by atoms with Gasteiger partial charge in [0.15, 0.2) is 0 Å². The predicted octanol–water partition coefficient (Wildman–Crippen LogP) is 8.91. The molecule has 0 saturated heterocycles. The lowest BCUT2D eigenvalue weighted by molar-refractivity contribution is -0.143. The molecule has 3 rings (SSSR count). The lowest BCUT2D eigenvalue weighted by Crippen LogP contribution is -2.42. The van der Waals surface area contributed by atoms with Crippen LogP contribution in [-0.4, -0.2) is 46.9 Å². The molecule has 0 saturated carbocycles. The molecule has 0 bridgehead atoms. The van der Waals surface area contributed by atoms with Crippen LogP contribution < -0.4 is 9.47 Å². The van der Waals surface area contributed by atoms with Gasteiger partial charge in [0.1, 0.15) is 11.5 Å². The van der Waals surface area contributed by atoms with Crippen LogP contribution in [0.15, 0.2) is 48.5 Å². The van der Waals surface area contributed by atoms with Gasteiger partial charge in [0, 0.05) is 24.2 Å². The number of hydrogen-bond acceptors (Lipinski definition) is 5. The van der Waals surface area contributed by atoms with Crippen molar-refractivity contribution < 1.29 is 64.0 Å². The van der Waals surface area contributed by atoms with Gasteiger partial charge in [0.2, 0.25) is 0 Å². The third-order valence-corrected chi connectivity index (χ3v) is 7.74. The summed E-state index contributed by atoms with van der Waals surface area (Å²) in [5, 5.41) is 20.1. The van der Waals surface area contributed by atoms with E-state index in [-0.39, 0.29) is 53.8 Å². The third kappa shape index (κ3) is 9.34. The SMILES string of the molecule is COc1cc(C)c(OCCC(=O)O)cc1-c1ccc(C(F)(F)F)cc1CN(C(C)C)C(C)C(O)c1cc(C(F)(F)F)cc(C(F)(F)F)c1. The maximum atomic E-state index is 13.9. The molecule has 6 nitrogen and oxygen atoms in total. The fraction of sp³-hybridized carbons (Fsp3) is 0.424. The van der Waals surface area contributed by atoms with Crippen molar-refractivity contribution in [2.24, 2.45) is 0 Å². The number of methoxy groups -OCH3 is 1. The minimum absolute atomic E-state index is 0.0382. The molecule has 0 aliphatic rings. The normalized spacial score (nSPS) is 13.9. The summed E-state index contributed by atoms with van der Waals surface area (Å²) in [6.45, 7) is 5.65. The molecule has 0 spiro atoms. The highest BCUT2D eigenvalue weighted by Gasteiger charge is 2.39. The number of aryl methyl sites for hydroxylation is 1. The number of nitrogens with zero attached hydrogens (tertiary/aromatic N) is 1. The van der Waals surface area contributed by atoms with Gasteiger partial charge < -0.3 is 19.7 Å². The number of hydrogen-bond donors (Lipinski definition) is 2. The van der Waals surface area contributed by atoms with Crippen LogP contribution in [0.5, 0.6) is 11.5 Å². The van der Waals surface area contributed by atoms with Crippen LogP contribution in [0.25, 0.3) is 11.1 Å². The number of halogens is 9. The number of aliphatic hydroxyl groups excluding tert-OH is 1. The van der Waals surface area contributed by atoms with Gasteiger partial charge in [-0.15, -0.1) is 0 Å². The van der Waals surface area contributed by atoms with Crippen molar-refractivity contribution in [1.82, 2.24) is 4.90 Å².